The van der Waals surface area contributed by atoms with Crippen LogP contribution in [0.3, 0.4) is 0 Å². The maximum atomic E-state index is 12.2. The lowest BCUT2D eigenvalue weighted by Gasteiger charge is -2.12. The smallest absolute Gasteiger partial charge is 0.276 e. The third-order valence-electron chi connectivity index (χ3n) is 3.21. The minimum atomic E-state index is -0.319. The van der Waals surface area contributed by atoms with Gasteiger partial charge < -0.3 is 20.1 Å². The summed E-state index contributed by atoms with van der Waals surface area (Å²) in [7, 11) is 2.92. The molecule has 2 aromatic rings. The van der Waals surface area contributed by atoms with Gasteiger partial charge in [-0.05, 0) is 25.1 Å². The molecule has 0 bridgehead atoms. The fourth-order valence-corrected chi connectivity index (χ4v) is 2.04. The van der Waals surface area contributed by atoms with Crippen LogP contribution in [0.15, 0.2) is 30.5 Å². The van der Waals surface area contributed by atoms with E-state index in [-0.39, 0.29) is 18.4 Å². The summed E-state index contributed by atoms with van der Waals surface area (Å²) in [6, 6.07) is 6.58. The first kappa shape index (κ1) is 17.5. The van der Waals surface area contributed by atoms with E-state index in [1.165, 1.54) is 14.2 Å². The van der Waals surface area contributed by atoms with Crippen molar-refractivity contribution in [1.29, 1.82) is 0 Å². The second kappa shape index (κ2) is 8.11. The highest BCUT2D eigenvalue weighted by atomic mass is 16.5. The second-order valence-electron chi connectivity index (χ2n) is 4.91. The predicted molar refractivity (Wildman–Crippen MR) is 89.4 cm³/mol. The van der Waals surface area contributed by atoms with E-state index in [9.17, 15) is 9.59 Å². The maximum Gasteiger partial charge on any atom is 0.276 e. The third kappa shape index (κ3) is 4.32. The Morgan fingerprint density at radius 2 is 2.00 bits per heavy atom. The highest BCUT2D eigenvalue weighted by Gasteiger charge is 2.12. The number of nitrogens with one attached hydrogen (secondary N) is 2. The lowest BCUT2D eigenvalue weighted by molar-refractivity contribution is -0.119. The van der Waals surface area contributed by atoms with Gasteiger partial charge in [-0.2, -0.15) is 5.10 Å². The molecule has 2 N–H and O–H groups in total. The number of ether oxygens (including phenoxy) is 2. The molecule has 8 heteroatoms. The fourth-order valence-electron chi connectivity index (χ4n) is 2.04. The highest BCUT2D eigenvalue weighted by Crippen LogP contribution is 2.28. The van der Waals surface area contributed by atoms with Gasteiger partial charge in [-0.25, -0.2) is 0 Å². The molecular formula is C16H20N4O4. The van der Waals surface area contributed by atoms with Gasteiger partial charge in [0, 0.05) is 31.6 Å². The van der Waals surface area contributed by atoms with Crippen LogP contribution < -0.4 is 15.4 Å². The van der Waals surface area contributed by atoms with E-state index in [1.54, 1.807) is 35.1 Å². The number of anilines is 2. The molecule has 2 rings (SSSR count). The number of hydrogen-bond donors (Lipinski definition) is 2. The van der Waals surface area contributed by atoms with E-state index in [4.69, 9.17) is 9.47 Å². The summed E-state index contributed by atoms with van der Waals surface area (Å²) in [5, 5.41) is 9.56. The summed E-state index contributed by atoms with van der Waals surface area (Å²) in [4.78, 5) is 23.8. The first-order chi connectivity index (χ1) is 11.6. The maximum absolute atomic E-state index is 12.2. The molecule has 0 aliphatic heterocycles. The Morgan fingerprint density at radius 1 is 1.21 bits per heavy atom. The fraction of sp³-hybridized carbons (Fsp3) is 0.312. The van der Waals surface area contributed by atoms with E-state index in [0.29, 0.717) is 29.4 Å². The normalized spacial score (nSPS) is 10.3. The number of rotatable bonds is 7. The number of hydrogen-bond acceptors (Lipinski definition) is 5. The van der Waals surface area contributed by atoms with Crippen molar-refractivity contribution in [2.75, 3.05) is 31.5 Å². The summed E-state index contributed by atoms with van der Waals surface area (Å²) in [5.74, 6) is -0.186. The largest absolute Gasteiger partial charge is 0.494 e. The standard InChI is InChI=1S/C16H20N4O4/c1-4-20-8-7-13(19-20)16(22)17-11-5-6-12(14(9-11)24-3)18-15(21)10-23-2/h5-9H,4,10H2,1-3H3,(H,17,22)(H,18,21). The SMILES string of the molecule is CCn1ccc(C(=O)Nc2ccc(NC(=O)COC)c(OC)c2)n1. The van der Waals surface area contributed by atoms with Crippen molar-refractivity contribution >= 4 is 23.2 Å². The first-order valence-corrected chi connectivity index (χ1v) is 7.39. The number of aryl methyl sites for hydroxylation is 1. The minimum Gasteiger partial charge on any atom is -0.494 e. The average Bonchev–Trinajstić information content (AvgIpc) is 3.05. The number of aromatic nitrogens is 2. The molecule has 24 heavy (non-hydrogen) atoms. The van der Waals surface area contributed by atoms with Crippen LogP contribution in [0, 0.1) is 0 Å². The van der Waals surface area contributed by atoms with Gasteiger partial charge in [0.2, 0.25) is 5.91 Å². The zero-order chi connectivity index (χ0) is 17.5. The number of amides is 2. The summed E-state index contributed by atoms with van der Waals surface area (Å²) in [6.07, 6.45) is 1.74. The van der Waals surface area contributed by atoms with E-state index in [2.05, 4.69) is 15.7 Å². The predicted octanol–water partition coefficient (Wildman–Crippen LogP) is 1.75. The zero-order valence-electron chi connectivity index (χ0n) is 13.8. The van der Waals surface area contributed by atoms with Crippen LogP contribution in [0.1, 0.15) is 17.4 Å². The van der Waals surface area contributed by atoms with Gasteiger partial charge in [0.15, 0.2) is 5.69 Å². The molecule has 0 unspecified atom stereocenters. The number of nitrogens with zero attached hydrogens (tertiary/aromatic N) is 2. The van der Waals surface area contributed by atoms with E-state index in [1.807, 2.05) is 6.92 Å². The Hall–Kier alpha value is -2.87. The Morgan fingerprint density at radius 3 is 2.62 bits per heavy atom. The molecule has 0 saturated heterocycles. The van der Waals surface area contributed by atoms with Crippen LogP contribution >= 0.6 is 0 Å². The van der Waals surface area contributed by atoms with Crippen molar-refractivity contribution in [2.45, 2.75) is 13.5 Å². The van der Waals surface area contributed by atoms with Gasteiger partial charge in [-0.1, -0.05) is 0 Å². The number of carbonyl (C=O) groups is 2. The number of benzene rings is 1. The van der Waals surface area contributed by atoms with E-state index in [0.717, 1.165) is 0 Å². The molecule has 0 radical (unpaired) electrons. The third-order valence-corrected chi connectivity index (χ3v) is 3.21. The molecular weight excluding hydrogens is 312 g/mol. The van der Waals surface area contributed by atoms with Crippen LogP contribution in [0.25, 0.3) is 0 Å². The molecule has 0 aliphatic rings. The van der Waals surface area contributed by atoms with Crippen molar-refractivity contribution < 1.29 is 19.1 Å². The molecule has 1 aromatic carbocycles. The van der Waals surface area contributed by atoms with Crippen LogP contribution in [-0.4, -0.2) is 42.4 Å². The van der Waals surface area contributed by atoms with Crippen molar-refractivity contribution in [3.8, 4) is 5.75 Å². The molecule has 0 spiro atoms. The topological polar surface area (TPSA) is 94.5 Å². The van der Waals surface area contributed by atoms with Gasteiger partial charge in [0.1, 0.15) is 12.4 Å². The number of methoxy groups -OCH3 is 2. The van der Waals surface area contributed by atoms with Gasteiger partial charge in [0.25, 0.3) is 5.91 Å². The zero-order valence-corrected chi connectivity index (χ0v) is 13.8. The van der Waals surface area contributed by atoms with Crippen LogP contribution in [-0.2, 0) is 16.1 Å². The van der Waals surface area contributed by atoms with Gasteiger partial charge in [0.05, 0.1) is 12.8 Å². The van der Waals surface area contributed by atoms with Crippen molar-refractivity contribution in [3.63, 3.8) is 0 Å². The van der Waals surface area contributed by atoms with Gasteiger partial charge in [-0.3, -0.25) is 14.3 Å². The van der Waals surface area contributed by atoms with Crippen molar-refractivity contribution in [1.82, 2.24) is 9.78 Å². The molecule has 0 saturated carbocycles. The van der Waals surface area contributed by atoms with Crippen molar-refractivity contribution in [3.05, 3.63) is 36.2 Å². The highest BCUT2D eigenvalue weighted by molar-refractivity contribution is 6.03. The monoisotopic (exact) mass is 332 g/mol. The molecule has 8 nitrogen and oxygen atoms in total. The van der Waals surface area contributed by atoms with E-state index < -0.39 is 0 Å². The van der Waals surface area contributed by atoms with Crippen molar-refractivity contribution in [2.24, 2.45) is 0 Å². The van der Waals surface area contributed by atoms with E-state index >= 15 is 0 Å². The molecule has 1 aromatic heterocycles. The van der Waals surface area contributed by atoms with Crippen LogP contribution in [0.4, 0.5) is 11.4 Å². The average molecular weight is 332 g/mol. The molecule has 0 atom stereocenters. The summed E-state index contributed by atoms with van der Waals surface area (Å²) < 4.78 is 11.7. The Balaban J connectivity index is 2.11. The lowest BCUT2D eigenvalue weighted by Crippen LogP contribution is -2.18. The second-order valence-corrected chi connectivity index (χ2v) is 4.91. The lowest BCUT2D eigenvalue weighted by atomic mass is 10.2. The molecule has 1 heterocycles. The molecule has 2 amide bonds. The first-order valence-electron chi connectivity index (χ1n) is 7.39. The molecule has 128 valence electrons. The summed E-state index contributed by atoms with van der Waals surface area (Å²) in [6.45, 7) is 2.58. The van der Waals surface area contributed by atoms with Crippen LogP contribution in [0.5, 0.6) is 5.75 Å². The summed E-state index contributed by atoms with van der Waals surface area (Å²) >= 11 is 0. The summed E-state index contributed by atoms with van der Waals surface area (Å²) in [5.41, 5.74) is 1.36. The molecule has 0 aliphatic carbocycles. The quantitative estimate of drug-likeness (QED) is 0.805. The van der Waals surface area contributed by atoms with Gasteiger partial charge >= 0.3 is 0 Å². The van der Waals surface area contributed by atoms with Gasteiger partial charge in [-0.15, -0.1) is 0 Å². The Labute approximate surface area is 139 Å². The Kier molecular flexibility index (Phi) is 5.91. The Bertz CT molecular complexity index is 727. The van der Waals surface area contributed by atoms with Crippen LogP contribution in [0.2, 0.25) is 0 Å². The molecule has 0 fully saturated rings. The minimum absolute atomic E-state index is 0.0538. The number of carbonyl (C=O) groups excluding carboxylic acids is 2.